The van der Waals surface area contributed by atoms with Crippen LogP contribution >= 0.6 is 0 Å². The van der Waals surface area contributed by atoms with Crippen molar-refractivity contribution in [1.82, 2.24) is 9.97 Å². The first-order valence-electron chi connectivity index (χ1n) is 7.07. The van der Waals surface area contributed by atoms with Gasteiger partial charge >= 0.3 is 0 Å². The van der Waals surface area contributed by atoms with Crippen LogP contribution in [0.5, 0.6) is 0 Å². The van der Waals surface area contributed by atoms with Gasteiger partial charge in [-0.25, -0.2) is 9.97 Å². The van der Waals surface area contributed by atoms with Gasteiger partial charge in [0.25, 0.3) is 0 Å². The van der Waals surface area contributed by atoms with Crippen LogP contribution in [0.15, 0.2) is 24.3 Å². The second kappa shape index (κ2) is 4.05. The van der Waals surface area contributed by atoms with Gasteiger partial charge in [-0.15, -0.1) is 0 Å². The number of nitrogen functional groups attached to an aromatic ring is 1. The van der Waals surface area contributed by atoms with Crippen molar-refractivity contribution in [2.45, 2.75) is 38.0 Å². The molecular weight excluding hydrogens is 234 g/mol. The fraction of sp³-hybridized carbons (Fsp3) is 0.375. The van der Waals surface area contributed by atoms with E-state index in [0.717, 1.165) is 30.8 Å². The molecule has 0 amide bonds. The lowest BCUT2D eigenvalue weighted by Crippen LogP contribution is -2.03. The summed E-state index contributed by atoms with van der Waals surface area (Å²) in [6.07, 6.45) is 5.81. The molecule has 0 unspecified atom stereocenters. The Hall–Kier alpha value is -1.90. The van der Waals surface area contributed by atoms with Gasteiger partial charge in [0.05, 0.1) is 0 Å². The van der Waals surface area contributed by atoms with E-state index >= 15 is 0 Å². The SMILES string of the molecule is Nc1nc(-c2ccccc2C2CC2)nc2c1CCC2. The van der Waals surface area contributed by atoms with Crippen molar-refractivity contribution in [3.63, 3.8) is 0 Å². The van der Waals surface area contributed by atoms with Gasteiger partial charge in [-0.1, -0.05) is 24.3 Å². The lowest BCUT2D eigenvalue weighted by Gasteiger charge is -2.10. The largest absolute Gasteiger partial charge is 0.383 e. The van der Waals surface area contributed by atoms with Crippen molar-refractivity contribution in [3.8, 4) is 11.4 Å². The Labute approximate surface area is 112 Å². The molecule has 96 valence electrons. The van der Waals surface area contributed by atoms with E-state index in [0.29, 0.717) is 11.7 Å². The number of aromatic nitrogens is 2. The summed E-state index contributed by atoms with van der Waals surface area (Å²) in [5.74, 6) is 2.21. The number of rotatable bonds is 2. The lowest BCUT2D eigenvalue weighted by atomic mass is 10.0. The van der Waals surface area contributed by atoms with E-state index in [1.165, 1.54) is 29.5 Å². The van der Waals surface area contributed by atoms with Crippen molar-refractivity contribution < 1.29 is 0 Å². The van der Waals surface area contributed by atoms with E-state index in [2.05, 4.69) is 29.2 Å². The Kier molecular flexibility index (Phi) is 2.34. The highest BCUT2D eigenvalue weighted by Gasteiger charge is 2.27. The number of benzene rings is 1. The van der Waals surface area contributed by atoms with Crippen LogP contribution in [0.25, 0.3) is 11.4 Å². The molecule has 1 heterocycles. The van der Waals surface area contributed by atoms with Crippen LogP contribution in [-0.2, 0) is 12.8 Å². The molecule has 2 aromatic rings. The first kappa shape index (κ1) is 11.0. The summed E-state index contributed by atoms with van der Waals surface area (Å²) in [5.41, 5.74) is 11.0. The summed E-state index contributed by atoms with van der Waals surface area (Å²) < 4.78 is 0. The first-order valence-corrected chi connectivity index (χ1v) is 7.07. The van der Waals surface area contributed by atoms with Crippen molar-refractivity contribution >= 4 is 5.82 Å². The van der Waals surface area contributed by atoms with Crippen molar-refractivity contribution in [2.75, 3.05) is 5.73 Å². The normalized spacial score (nSPS) is 17.5. The van der Waals surface area contributed by atoms with Gasteiger partial charge in [-0.3, -0.25) is 0 Å². The molecule has 0 spiro atoms. The number of nitrogens with two attached hydrogens (primary N) is 1. The van der Waals surface area contributed by atoms with Crippen LogP contribution in [0.2, 0.25) is 0 Å². The van der Waals surface area contributed by atoms with Gasteiger partial charge < -0.3 is 5.73 Å². The zero-order valence-corrected chi connectivity index (χ0v) is 10.9. The second-order valence-corrected chi connectivity index (χ2v) is 5.57. The summed E-state index contributed by atoms with van der Waals surface area (Å²) in [6, 6.07) is 8.51. The van der Waals surface area contributed by atoms with Gasteiger partial charge in [0, 0.05) is 16.8 Å². The third-order valence-corrected chi connectivity index (χ3v) is 4.18. The molecule has 1 fully saturated rings. The monoisotopic (exact) mass is 251 g/mol. The van der Waals surface area contributed by atoms with Gasteiger partial charge in [-0.2, -0.15) is 0 Å². The van der Waals surface area contributed by atoms with Crippen LogP contribution in [0, 0.1) is 0 Å². The Morgan fingerprint density at radius 1 is 1.05 bits per heavy atom. The molecule has 3 nitrogen and oxygen atoms in total. The van der Waals surface area contributed by atoms with Crippen LogP contribution < -0.4 is 5.73 Å². The molecule has 0 radical (unpaired) electrons. The van der Waals surface area contributed by atoms with Crippen molar-refractivity contribution in [3.05, 3.63) is 41.1 Å². The Morgan fingerprint density at radius 3 is 2.74 bits per heavy atom. The maximum Gasteiger partial charge on any atom is 0.162 e. The highest BCUT2D eigenvalue weighted by atomic mass is 15.0. The molecule has 0 saturated heterocycles. The molecule has 0 atom stereocenters. The molecule has 1 aromatic heterocycles. The summed E-state index contributed by atoms with van der Waals surface area (Å²) >= 11 is 0. The molecule has 19 heavy (non-hydrogen) atoms. The van der Waals surface area contributed by atoms with Gasteiger partial charge in [0.15, 0.2) is 5.82 Å². The summed E-state index contributed by atoms with van der Waals surface area (Å²) in [7, 11) is 0. The summed E-state index contributed by atoms with van der Waals surface area (Å²) in [4.78, 5) is 9.32. The van der Waals surface area contributed by atoms with E-state index < -0.39 is 0 Å². The predicted molar refractivity (Wildman–Crippen MR) is 75.9 cm³/mol. The minimum absolute atomic E-state index is 0.683. The fourth-order valence-electron chi connectivity index (χ4n) is 3.03. The van der Waals surface area contributed by atoms with Gasteiger partial charge in [0.2, 0.25) is 0 Å². The fourth-order valence-corrected chi connectivity index (χ4v) is 3.03. The van der Waals surface area contributed by atoms with Crippen LogP contribution in [0.1, 0.15) is 42.0 Å². The van der Waals surface area contributed by atoms with Crippen LogP contribution in [0.3, 0.4) is 0 Å². The number of aryl methyl sites for hydroxylation is 1. The van der Waals surface area contributed by atoms with Gasteiger partial charge in [-0.05, 0) is 43.6 Å². The molecule has 4 rings (SSSR count). The third-order valence-electron chi connectivity index (χ3n) is 4.18. The quantitative estimate of drug-likeness (QED) is 0.892. The average Bonchev–Trinajstić information content (AvgIpc) is 3.17. The van der Waals surface area contributed by atoms with E-state index in [-0.39, 0.29) is 0 Å². The zero-order chi connectivity index (χ0) is 12.8. The molecule has 2 aliphatic rings. The summed E-state index contributed by atoms with van der Waals surface area (Å²) in [6.45, 7) is 0. The van der Waals surface area contributed by atoms with E-state index in [4.69, 9.17) is 10.7 Å². The van der Waals surface area contributed by atoms with Gasteiger partial charge in [0.1, 0.15) is 5.82 Å². The smallest absolute Gasteiger partial charge is 0.162 e. The van der Waals surface area contributed by atoms with Crippen molar-refractivity contribution in [1.29, 1.82) is 0 Å². The molecule has 0 aliphatic heterocycles. The minimum Gasteiger partial charge on any atom is -0.383 e. The van der Waals surface area contributed by atoms with Crippen molar-refractivity contribution in [2.24, 2.45) is 0 Å². The third kappa shape index (κ3) is 1.81. The lowest BCUT2D eigenvalue weighted by molar-refractivity contribution is 0.900. The topological polar surface area (TPSA) is 51.8 Å². The average molecular weight is 251 g/mol. The molecule has 1 aromatic carbocycles. The predicted octanol–water partition coefficient (Wildman–Crippen LogP) is 3.09. The number of fused-ring (bicyclic) bond motifs is 1. The number of hydrogen-bond acceptors (Lipinski definition) is 3. The van der Waals surface area contributed by atoms with E-state index in [1.807, 2.05) is 0 Å². The molecule has 3 heteroatoms. The molecule has 2 N–H and O–H groups in total. The molecule has 0 bridgehead atoms. The first-order chi connectivity index (χ1) is 9.33. The van der Waals surface area contributed by atoms with Crippen LogP contribution in [-0.4, -0.2) is 9.97 Å². The zero-order valence-electron chi connectivity index (χ0n) is 10.9. The number of hydrogen-bond donors (Lipinski definition) is 1. The van der Waals surface area contributed by atoms with Crippen LogP contribution in [0.4, 0.5) is 5.82 Å². The molecule has 1 saturated carbocycles. The highest BCUT2D eigenvalue weighted by molar-refractivity contribution is 5.64. The summed E-state index contributed by atoms with van der Waals surface area (Å²) in [5, 5.41) is 0. The number of anilines is 1. The molecular formula is C16H17N3. The van der Waals surface area contributed by atoms with E-state index in [1.54, 1.807) is 0 Å². The molecule has 2 aliphatic carbocycles. The highest BCUT2D eigenvalue weighted by Crippen LogP contribution is 2.44. The standard InChI is InChI=1S/C16H17N3/c17-15-13-6-3-7-14(13)18-16(19-15)12-5-2-1-4-11(12)10-8-9-10/h1-2,4-5,10H,3,6-9H2,(H2,17,18,19). The number of nitrogens with zero attached hydrogens (tertiary/aromatic N) is 2. The Balaban J connectivity index is 1.87. The van der Waals surface area contributed by atoms with E-state index in [9.17, 15) is 0 Å². The second-order valence-electron chi connectivity index (χ2n) is 5.57. The maximum atomic E-state index is 6.10. The Morgan fingerprint density at radius 2 is 1.89 bits per heavy atom. The maximum absolute atomic E-state index is 6.10. The Bertz CT molecular complexity index is 644. The minimum atomic E-state index is 0.683.